The van der Waals surface area contributed by atoms with Gasteiger partial charge < -0.3 is 14.6 Å². The van der Waals surface area contributed by atoms with Crippen molar-refractivity contribution in [2.75, 3.05) is 27.5 Å². The Bertz CT molecular complexity index is 705. The highest BCUT2D eigenvalue weighted by atomic mass is 79.9. The van der Waals surface area contributed by atoms with E-state index < -0.39 is 0 Å². The molecule has 1 atom stereocenters. The number of benzene rings is 2. The van der Waals surface area contributed by atoms with Gasteiger partial charge in [0.25, 0.3) is 0 Å². The number of fused-ring (bicyclic) bond motifs is 1. The third kappa shape index (κ3) is 3.09. The Labute approximate surface area is 144 Å². The summed E-state index contributed by atoms with van der Waals surface area (Å²) in [5, 5.41) is 9.80. The van der Waals surface area contributed by atoms with E-state index in [2.05, 4.69) is 33.0 Å². The number of rotatable bonds is 4. The van der Waals surface area contributed by atoms with Crippen molar-refractivity contribution in [1.29, 1.82) is 0 Å². The van der Waals surface area contributed by atoms with Crippen LogP contribution in [0.15, 0.2) is 40.9 Å². The molecular weight excluding hydrogens is 358 g/mol. The fraction of sp³-hybridized carbons (Fsp3) is 0.333. The standard InChI is InChI=1S/C18H20BrNO3/c1-22-16-9-12-6-7-20(11-21)18(15(12)10-17(16)23-2)13-4-3-5-14(19)8-13/h3-5,8-10,18,21H,6-7,11H2,1-2H3. The summed E-state index contributed by atoms with van der Waals surface area (Å²) in [6.45, 7) is 0.821. The maximum absolute atomic E-state index is 9.80. The lowest BCUT2D eigenvalue weighted by Gasteiger charge is -2.36. The summed E-state index contributed by atoms with van der Waals surface area (Å²) in [5.41, 5.74) is 3.53. The number of ether oxygens (including phenoxy) is 2. The second-order valence-electron chi connectivity index (χ2n) is 5.57. The average Bonchev–Trinajstić information content (AvgIpc) is 2.59. The quantitative estimate of drug-likeness (QED) is 0.886. The van der Waals surface area contributed by atoms with Crippen molar-refractivity contribution < 1.29 is 14.6 Å². The first-order chi connectivity index (χ1) is 11.2. The van der Waals surface area contributed by atoms with Crippen LogP contribution in [0.4, 0.5) is 0 Å². The van der Waals surface area contributed by atoms with E-state index in [1.54, 1.807) is 14.2 Å². The van der Waals surface area contributed by atoms with Gasteiger partial charge in [-0.25, -0.2) is 0 Å². The number of hydrogen-bond acceptors (Lipinski definition) is 4. The minimum atomic E-state index is 0.000978. The summed E-state index contributed by atoms with van der Waals surface area (Å²) in [6.07, 6.45) is 0.876. The summed E-state index contributed by atoms with van der Waals surface area (Å²) >= 11 is 3.54. The summed E-state index contributed by atoms with van der Waals surface area (Å²) in [6, 6.07) is 12.3. The number of halogens is 1. The molecule has 3 rings (SSSR count). The molecular formula is C18H20BrNO3. The average molecular weight is 378 g/mol. The van der Waals surface area contributed by atoms with Gasteiger partial charge in [0, 0.05) is 11.0 Å². The summed E-state index contributed by atoms with van der Waals surface area (Å²) in [5.74, 6) is 1.46. The third-order valence-electron chi connectivity index (χ3n) is 4.32. The highest BCUT2D eigenvalue weighted by molar-refractivity contribution is 9.10. The lowest BCUT2D eigenvalue weighted by molar-refractivity contribution is 0.0754. The predicted molar refractivity (Wildman–Crippen MR) is 93.0 cm³/mol. The molecule has 0 saturated carbocycles. The molecule has 2 aromatic rings. The van der Waals surface area contributed by atoms with E-state index in [0.717, 1.165) is 34.3 Å². The van der Waals surface area contributed by atoms with Gasteiger partial charge in [0.15, 0.2) is 11.5 Å². The van der Waals surface area contributed by atoms with E-state index in [1.807, 2.05) is 24.3 Å². The molecule has 0 fully saturated rings. The van der Waals surface area contributed by atoms with Gasteiger partial charge >= 0.3 is 0 Å². The predicted octanol–water partition coefficient (Wildman–Crippen LogP) is 3.36. The molecule has 1 N–H and O–H groups in total. The van der Waals surface area contributed by atoms with Crippen LogP contribution in [-0.4, -0.2) is 37.5 Å². The summed E-state index contributed by atoms with van der Waals surface area (Å²) < 4.78 is 11.9. The van der Waals surface area contributed by atoms with Gasteiger partial charge in [-0.3, -0.25) is 4.90 Å². The van der Waals surface area contributed by atoms with Crippen LogP contribution in [0, 0.1) is 0 Å². The molecule has 0 saturated heterocycles. The van der Waals surface area contributed by atoms with Crippen molar-refractivity contribution >= 4 is 15.9 Å². The van der Waals surface area contributed by atoms with Gasteiger partial charge in [-0.1, -0.05) is 28.1 Å². The van der Waals surface area contributed by atoms with Crippen molar-refractivity contribution in [3.63, 3.8) is 0 Å². The second-order valence-corrected chi connectivity index (χ2v) is 6.48. The van der Waals surface area contributed by atoms with Crippen LogP contribution in [0.2, 0.25) is 0 Å². The maximum atomic E-state index is 9.80. The van der Waals surface area contributed by atoms with Crippen LogP contribution in [-0.2, 0) is 6.42 Å². The Hall–Kier alpha value is -1.56. The molecule has 2 aromatic carbocycles. The van der Waals surface area contributed by atoms with E-state index in [0.29, 0.717) is 5.75 Å². The Balaban J connectivity index is 2.15. The molecule has 1 heterocycles. The van der Waals surface area contributed by atoms with Crippen LogP contribution in [0.3, 0.4) is 0 Å². The minimum Gasteiger partial charge on any atom is -0.493 e. The van der Waals surface area contributed by atoms with Gasteiger partial charge in [0.1, 0.15) is 0 Å². The molecule has 4 nitrogen and oxygen atoms in total. The van der Waals surface area contributed by atoms with Crippen molar-refractivity contribution in [1.82, 2.24) is 4.90 Å². The molecule has 0 bridgehead atoms. The molecule has 0 radical (unpaired) electrons. The minimum absolute atomic E-state index is 0.000978. The van der Waals surface area contributed by atoms with E-state index in [4.69, 9.17) is 9.47 Å². The number of hydrogen-bond donors (Lipinski definition) is 1. The van der Waals surface area contributed by atoms with E-state index in [-0.39, 0.29) is 12.8 Å². The lowest BCUT2D eigenvalue weighted by atomic mass is 9.88. The van der Waals surface area contributed by atoms with Gasteiger partial charge in [0.05, 0.1) is 27.0 Å². The molecule has 122 valence electrons. The van der Waals surface area contributed by atoms with Crippen LogP contribution >= 0.6 is 15.9 Å². The van der Waals surface area contributed by atoms with Crippen LogP contribution in [0.1, 0.15) is 22.7 Å². The highest BCUT2D eigenvalue weighted by Crippen LogP contribution is 2.41. The van der Waals surface area contributed by atoms with Crippen molar-refractivity contribution in [2.24, 2.45) is 0 Å². The van der Waals surface area contributed by atoms with Gasteiger partial charge in [0.2, 0.25) is 0 Å². The Morgan fingerprint density at radius 2 is 1.91 bits per heavy atom. The molecule has 1 aliphatic heterocycles. The Kier molecular flexibility index (Phi) is 4.90. The summed E-state index contributed by atoms with van der Waals surface area (Å²) in [4.78, 5) is 2.07. The van der Waals surface area contributed by atoms with Gasteiger partial charge in [-0.2, -0.15) is 0 Å². The molecule has 1 unspecified atom stereocenters. The first-order valence-electron chi connectivity index (χ1n) is 7.53. The zero-order valence-corrected chi connectivity index (χ0v) is 14.8. The van der Waals surface area contributed by atoms with Crippen LogP contribution in [0.25, 0.3) is 0 Å². The fourth-order valence-electron chi connectivity index (χ4n) is 3.22. The van der Waals surface area contributed by atoms with Crippen LogP contribution in [0.5, 0.6) is 11.5 Å². The van der Waals surface area contributed by atoms with E-state index >= 15 is 0 Å². The molecule has 0 spiro atoms. The zero-order chi connectivity index (χ0) is 16.4. The molecule has 0 aliphatic carbocycles. The molecule has 0 amide bonds. The molecule has 0 aromatic heterocycles. The number of aliphatic hydroxyl groups excluding tert-OH is 1. The number of aliphatic hydroxyl groups is 1. The van der Waals surface area contributed by atoms with E-state index in [1.165, 1.54) is 5.56 Å². The van der Waals surface area contributed by atoms with Gasteiger partial charge in [-0.15, -0.1) is 0 Å². The Morgan fingerprint density at radius 3 is 2.57 bits per heavy atom. The van der Waals surface area contributed by atoms with E-state index in [9.17, 15) is 5.11 Å². The zero-order valence-electron chi connectivity index (χ0n) is 13.3. The largest absolute Gasteiger partial charge is 0.493 e. The number of nitrogens with zero attached hydrogens (tertiary/aromatic N) is 1. The first-order valence-corrected chi connectivity index (χ1v) is 8.32. The van der Waals surface area contributed by atoms with Crippen molar-refractivity contribution in [3.05, 3.63) is 57.6 Å². The van der Waals surface area contributed by atoms with Gasteiger partial charge in [-0.05, 0) is 47.4 Å². The lowest BCUT2D eigenvalue weighted by Crippen LogP contribution is -2.36. The Morgan fingerprint density at radius 1 is 1.17 bits per heavy atom. The normalized spacial score (nSPS) is 17.7. The summed E-state index contributed by atoms with van der Waals surface area (Å²) in [7, 11) is 3.30. The highest BCUT2D eigenvalue weighted by Gasteiger charge is 2.30. The topological polar surface area (TPSA) is 41.9 Å². The van der Waals surface area contributed by atoms with Crippen molar-refractivity contribution in [2.45, 2.75) is 12.5 Å². The number of methoxy groups -OCH3 is 2. The third-order valence-corrected chi connectivity index (χ3v) is 4.81. The monoisotopic (exact) mass is 377 g/mol. The second kappa shape index (κ2) is 6.91. The SMILES string of the molecule is COc1cc2c(cc1OC)C(c1cccc(Br)c1)N(CO)CC2. The maximum Gasteiger partial charge on any atom is 0.161 e. The first kappa shape index (κ1) is 16.3. The molecule has 5 heteroatoms. The fourth-order valence-corrected chi connectivity index (χ4v) is 3.63. The molecule has 1 aliphatic rings. The smallest absolute Gasteiger partial charge is 0.161 e. The van der Waals surface area contributed by atoms with Crippen LogP contribution < -0.4 is 9.47 Å². The molecule has 23 heavy (non-hydrogen) atoms. The van der Waals surface area contributed by atoms with Crippen molar-refractivity contribution in [3.8, 4) is 11.5 Å².